The van der Waals surface area contributed by atoms with Crippen molar-refractivity contribution in [2.24, 2.45) is 18.9 Å². The second kappa shape index (κ2) is 5.86. The third-order valence-corrected chi connectivity index (χ3v) is 3.77. The lowest BCUT2D eigenvalue weighted by Crippen LogP contribution is -2.36. The van der Waals surface area contributed by atoms with Crippen molar-refractivity contribution in [3.8, 4) is 0 Å². The number of carbonyl (C=O) groups excluding carboxylic acids is 1. The van der Waals surface area contributed by atoms with Gasteiger partial charge < -0.3 is 10.4 Å². The van der Waals surface area contributed by atoms with E-state index in [0.29, 0.717) is 25.8 Å². The van der Waals surface area contributed by atoms with Gasteiger partial charge in [0, 0.05) is 31.9 Å². The number of aryl methyl sites for hydroxylation is 1. The lowest BCUT2D eigenvalue weighted by molar-refractivity contribution is -0.146. The van der Waals surface area contributed by atoms with Crippen molar-refractivity contribution in [3.05, 3.63) is 18.0 Å². The van der Waals surface area contributed by atoms with Crippen LogP contribution in [0.3, 0.4) is 0 Å². The highest BCUT2D eigenvalue weighted by Gasteiger charge is 2.37. The summed E-state index contributed by atoms with van der Waals surface area (Å²) in [5, 5.41) is 15.9. The van der Waals surface area contributed by atoms with Crippen molar-refractivity contribution in [3.63, 3.8) is 0 Å². The Labute approximate surface area is 111 Å². The van der Waals surface area contributed by atoms with Crippen LogP contribution in [0.5, 0.6) is 0 Å². The normalized spacial score (nSPS) is 22.4. The van der Waals surface area contributed by atoms with E-state index >= 15 is 0 Å². The van der Waals surface area contributed by atoms with Crippen LogP contribution in [-0.4, -0.2) is 33.3 Å². The Morgan fingerprint density at radius 2 is 2.21 bits per heavy atom. The molecule has 1 aromatic heterocycles. The molecule has 0 bridgehead atoms. The minimum absolute atomic E-state index is 0.132. The van der Waals surface area contributed by atoms with Gasteiger partial charge in [0.15, 0.2) is 0 Å². The Balaban J connectivity index is 1.81. The maximum atomic E-state index is 12.0. The monoisotopic (exact) mass is 265 g/mol. The van der Waals surface area contributed by atoms with Gasteiger partial charge in [-0.25, -0.2) is 0 Å². The second-order valence-corrected chi connectivity index (χ2v) is 4.97. The summed E-state index contributed by atoms with van der Waals surface area (Å²) >= 11 is 0. The molecule has 0 radical (unpaired) electrons. The molecule has 2 atom stereocenters. The molecule has 104 valence electrons. The van der Waals surface area contributed by atoms with E-state index in [2.05, 4.69) is 10.4 Å². The van der Waals surface area contributed by atoms with Gasteiger partial charge in [-0.3, -0.25) is 14.3 Å². The van der Waals surface area contributed by atoms with Crippen molar-refractivity contribution < 1.29 is 14.7 Å². The van der Waals surface area contributed by atoms with Crippen LogP contribution in [0.25, 0.3) is 0 Å². The van der Waals surface area contributed by atoms with Gasteiger partial charge in [-0.05, 0) is 18.9 Å². The van der Waals surface area contributed by atoms with Crippen LogP contribution in [-0.2, 0) is 23.1 Å². The number of aromatic nitrogens is 2. The maximum absolute atomic E-state index is 12.0. The Hall–Kier alpha value is -1.85. The van der Waals surface area contributed by atoms with Crippen molar-refractivity contribution in [1.82, 2.24) is 15.1 Å². The molecule has 1 aliphatic rings. The van der Waals surface area contributed by atoms with Gasteiger partial charge in [0.25, 0.3) is 0 Å². The molecule has 0 saturated heterocycles. The van der Waals surface area contributed by atoms with Crippen LogP contribution < -0.4 is 5.32 Å². The minimum atomic E-state index is -0.857. The Morgan fingerprint density at radius 1 is 1.47 bits per heavy atom. The van der Waals surface area contributed by atoms with Crippen molar-refractivity contribution >= 4 is 11.9 Å². The molecule has 0 spiro atoms. The summed E-state index contributed by atoms with van der Waals surface area (Å²) in [5.41, 5.74) is 1.04. The van der Waals surface area contributed by atoms with Gasteiger partial charge in [0.1, 0.15) is 0 Å². The first-order valence-corrected chi connectivity index (χ1v) is 6.57. The lowest BCUT2D eigenvalue weighted by Gasteiger charge is -2.15. The zero-order valence-corrected chi connectivity index (χ0v) is 11.0. The standard InChI is InChI=1S/C13H19N3O3/c1-16-9(6-8-15-16)5-7-14-12(17)10-3-2-4-11(10)13(18)19/h6,8,10-11H,2-5,7H2,1H3,(H,14,17)(H,18,19)/t10-,11+/m1/s1. The lowest BCUT2D eigenvalue weighted by atomic mass is 9.95. The van der Waals surface area contributed by atoms with Crippen LogP contribution in [0.4, 0.5) is 0 Å². The molecule has 2 N–H and O–H groups in total. The van der Waals surface area contributed by atoms with E-state index in [1.807, 2.05) is 13.1 Å². The second-order valence-electron chi connectivity index (χ2n) is 4.97. The van der Waals surface area contributed by atoms with Crippen molar-refractivity contribution in [2.45, 2.75) is 25.7 Å². The number of rotatable bonds is 5. The Bertz CT molecular complexity index is 469. The molecule has 19 heavy (non-hydrogen) atoms. The summed E-state index contributed by atoms with van der Waals surface area (Å²) in [6.45, 7) is 0.515. The molecule has 6 nitrogen and oxygen atoms in total. The number of carboxylic acid groups (broad SMARTS) is 1. The highest BCUT2D eigenvalue weighted by atomic mass is 16.4. The molecule has 0 aromatic carbocycles. The molecule has 1 fully saturated rings. The van der Waals surface area contributed by atoms with Gasteiger partial charge in [-0.1, -0.05) is 6.42 Å². The van der Waals surface area contributed by atoms with E-state index in [0.717, 1.165) is 12.1 Å². The van der Waals surface area contributed by atoms with E-state index in [1.165, 1.54) is 0 Å². The van der Waals surface area contributed by atoms with E-state index in [-0.39, 0.29) is 11.8 Å². The van der Waals surface area contributed by atoms with Gasteiger partial charge in [-0.15, -0.1) is 0 Å². The number of carbonyl (C=O) groups is 2. The molecule has 2 rings (SSSR count). The number of hydrogen-bond donors (Lipinski definition) is 2. The van der Waals surface area contributed by atoms with E-state index in [9.17, 15) is 9.59 Å². The molecular weight excluding hydrogens is 246 g/mol. The van der Waals surface area contributed by atoms with Gasteiger partial charge in [0.05, 0.1) is 11.8 Å². The Morgan fingerprint density at radius 3 is 2.84 bits per heavy atom. The van der Waals surface area contributed by atoms with Gasteiger partial charge in [-0.2, -0.15) is 5.10 Å². The minimum Gasteiger partial charge on any atom is -0.481 e. The first-order chi connectivity index (χ1) is 9.09. The van der Waals surface area contributed by atoms with Gasteiger partial charge in [0.2, 0.25) is 5.91 Å². The summed E-state index contributed by atoms with van der Waals surface area (Å²) in [4.78, 5) is 23.0. The summed E-state index contributed by atoms with van der Waals surface area (Å²) in [7, 11) is 1.86. The summed E-state index contributed by atoms with van der Waals surface area (Å²) < 4.78 is 1.77. The summed E-state index contributed by atoms with van der Waals surface area (Å²) in [6.07, 6.45) is 4.52. The van der Waals surface area contributed by atoms with E-state index in [4.69, 9.17) is 5.11 Å². The smallest absolute Gasteiger partial charge is 0.307 e. The van der Waals surface area contributed by atoms with Crippen LogP contribution >= 0.6 is 0 Å². The number of carboxylic acids is 1. The van der Waals surface area contributed by atoms with E-state index < -0.39 is 11.9 Å². The fourth-order valence-corrected chi connectivity index (χ4v) is 2.66. The number of hydrogen-bond acceptors (Lipinski definition) is 3. The highest BCUT2D eigenvalue weighted by molar-refractivity contribution is 5.85. The summed E-state index contributed by atoms with van der Waals surface area (Å²) in [5.74, 6) is -1.88. The predicted octanol–water partition coefficient (Wildman–Crippen LogP) is 0.580. The third kappa shape index (κ3) is 3.13. The third-order valence-electron chi connectivity index (χ3n) is 3.77. The molecule has 1 saturated carbocycles. The molecule has 1 amide bonds. The number of aliphatic carboxylic acids is 1. The zero-order chi connectivity index (χ0) is 13.8. The topological polar surface area (TPSA) is 84.2 Å². The number of nitrogens with zero attached hydrogens (tertiary/aromatic N) is 2. The molecule has 1 aliphatic carbocycles. The summed E-state index contributed by atoms with van der Waals surface area (Å²) in [6, 6.07) is 1.90. The fraction of sp³-hybridized carbons (Fsp3) is 0.615. The fourth-order valence-electron chi connectivity index (χ4n) is 2.66. The maximum Gasteiger partial charge on any atom is 0.307 e. The SMILES string of the molecule is Cn1nccc1CCNC(=O)[C@@H]1CCC[C@@H]1C(=O)O. The van der Waals surface area contributed by atoms with Crippen LogP contribution in [0.2, 0.25) is 0 Å². The molecule has 0 unspecified atom stereocenters. The van der Waals surface area contributed by atoms with Gasteiger partial charge >= 0.3 is 5.97 Å². The predicted molar refractivity (Wildman–Crippen MR) is 68.4 cm³/mol. The quantitative estimate of drug-likeness (QED) is 0.815. The average molecular weight is 265 g/mol. The zero-order valence-electron chi connectivity index (χ0n) is 11.0. The molecule has 0 aliphatic heterocycles. The van der Waals surface area contributed by atoms with Crippen molar-refractivity contribution in [2.75, 3.05) is 6.54 Å². The largest absolute Gasteiger partial charge is 0.481 e. The van der Waals surface area contributed by atoms with E-state index in [1.54, 1.807) is 10.9 Å². The first kappa shape index (κ1) is 13.6. The molecule has 1 aromatic rings. The first-order valence-electron chi connectivity index (χ1n) is 6.57. The van der Waals surface area contributed by atoms with Crippen molar-refractivity contribution in [1.29, 1.82) is 0 Å². The van der Waals surface area contributed by atoms with Crippen LogP contribution in [0.1, 0.15) is 25.0 Å². The van der Waals surface area contributed by atoms with Crippen LogP contribution in [0.15, 0.2) is 12.3 Å². The number of nitrogens with one attached hydrogen (secondary N) is 1. The molecule has 1 heterocycles. The average Bonchev–Trinajstić information content (AvgIpc) is 2.98. The van der Waals surface area contributed by atoms with Crippen LogP contribution in [0, 0.1) is 11.8 Å². The Kier molecular flexibility index (Phi) is 4.19. The molecule has 6 heteroatoms. The highest BCUT2D eigenvalue weighted by Crippen LogP contribution is 2.31. The molecular formula is C13H19N3O3. The number of amides is 1.